The topological polar surface area (TPSA) is 40.5 Å². The molecular weight excluding hydrogens is 142 g/mol. The number of hydrogen-bond donors (Lipinski definition) is 1. The van der Waals surface area contributed by atoms with Gasteiger partial charge in [0.1, 0.15) is 0 Å². The monoisotopic (exact) mass is 155 g/mol. The van der Waals surface area contributed by atoms with E-state index >= 15 is 0 Å². The van der Waals surface area contributed by atoms with Crippen molar-refractivity contribution in [3.8, 4) is 0 Å². The standard InChI is InChI=1S/C8H13NO2/c1-2-5-9-6-7(10)3-4-8(9)11/h3-4,7,10H,2,5-6H2,1H3. The first-order valence-corrected chi connectivity index (χ1v) is 3.89. The Morgan fingerprint density at radius 3 is 3.18 bits per heavy atom. The number of aliphatic hydroxyl groups excluding tert-OH is 1. The van der Waals surface area contributed by atoms with Gasteiger partial charge in [-0.05, 0) is 12.5 Å². The van der Waals surface area contributed by atoms with Crippen molar-refractivity contribution in [2.24, 2.45) is 0 Å². The highest BCUT2D eigenvalue weighted by atomic mass is 16.3. The van der Waals surface area contributed by atoms with Crippen LogP contribution in [-0.2, 0) is 4.79 Å². The van der Waals surface area contributed by atoms with Crippen LogP contribution in [0.4, 0.5) is 0 Å². The number of carbonyl (C=O) groups excluding carboxylic acids is 1. The van der Waals surface area contributed by atoms with E-state index in [0.29, 0.717) is 6.54 Å². The van der Waals surface area contributed by atoms with Gasteiger partial charge in [0, 0.05) is 12.6 Å². The lowest BCUT2D eigenvalue weighted by Crippen LogP contribution is -2.39. The average molecular weight is 155 g/mol. The molecule has 1 unspecified atom stereocenters. The van der Waals surface area contributed by atoms with Gasteiger partial charge in [-0.1, -0.05) is 6.92 Å². The summed E-state index contributed by atoms with van der Waals surface area (Å²) in [6.45, 7) is 3.20. The Balaban J connectivity index is 2.53. The summed E-state index contributed by atoms with van der Waals surface area (Å²) in [7, 11) is 0. The lowest BCUT2D eigenvalue weighted by atomic mass is 10.2. The van der Waals surface area contributed by atoms with Crippen LogP contribution in [0.15, 0.2) is 12.2 Å². The molecule has 11 heavy (non-hydrogen) atoms. The summed E-state index contributed by atoms with van der Waals surface area (Å²) in [5.41, 5.74) is 0. The van der Waals surface area contributed by atoms with E-state index in [1.54, 1.807) is 4.90 Å². The van der Waals surface area contributed by atoms with Gasteiger partial charge in [0.25, 0.3) is 0 Å². The SMILES string of the molecule is CCCN1CC(O)C=CC1=O. The van der Waals surface area contributed by atoms with Crippen LogP contribution in [0.1, 0.15) is 13.3 Å². The van der Waals surface area contributed by atoms with E-state index in [4.69, 9.17) is 5.11 Å². The summed E-state index contributed by atoms with van der Waals surface area (Å²) in [5.74, 6) is 0.0113. The van der Waals surface area contributed by atoms with E-state index < -0.39 is 6.10 Å². The molecule has 1 rings (SSSR count). The van der Waals surface area contributed by atoms with Crippen LogP contribution in [0, 0.1) is 0 Å². The molecule has 0 bridgehead atoms. The predicted octanol–water partition coefficient (Wildman–Crippen LogP) is 0.156. The minimum absolute atomic E-state index is 0.0113. The lowest BCUT2D eigenvalue weighted by molar-refractivity contribution is -0.128. The molecule has 1 aliphatic rings. The van der Waals surface area contributed by atoms with Crippen LogP contribution in [0.25, 0.3) is 0 Å². The van der Waals surface area contributed by atoms with E-state index in [-0.39, 0.29) is 5.91 Å². The Labute approximate surface area is 66.3 Å². The maximum absolute atomic E-state index is 11.1. The fourth-order valence-corrected chi connectivity index (χ4v) is 1.15. The molecule has 0 spiro atoms. The van der Waals surface area contributed by atoms with Gasteiger partial charge in [-0.3, -0.25) is 4.79 Å². The molecule has 0 aliphatic carbocycles. The van der Waals surface area contributed by atoms with E-state index in [2.05, 4.69) is 0 Å². The number of carbonyl (C=O) groups is 1. The summed E-state index contributed by atoms with van der Waals surface area (Å²) in [6.07, 6.45) is 3.43. The third-order valence-electron chi connectivity index (χ3n) is 1.67. The molecule has 0 aromatic rings. The number of hydrogen-bond acceptors (Lipinski definition) is 2. The quantitative estimate of drug-likeness (QED) is 0.617. The summed E-state index contributed by atoms with van der Waals surface area (Å²) in [4.78, 5) is 12.7. The van der Waals surface area contributed by atoms with Gasteiger partial charge in [0.05, 0.1) is 12.6 Å². The minimum atomic E-state index is -0.473. The summed E-state index contributed by atoms with van der Waals surface area (Å²) in [5, 5.41) is 9.14. The van der Waals surface area contributed by atoms with Crippen molar-refractivity contribution in [1.82, 2.24) is 4.90 Å². The molecule has 0 aromatic heterocycles. The van der Waals surface area contributed by atoms with Gasteiger partial charge in [-0.25, -0.2) is 0 Å². The van der Waals surface area contributed by atoms with E-state index in [1.807, 2.05) is 6.92 Å². The first-order valence-electron chi connectivity index (χ1n) is 3.89. The van der Waals surface area contributed by atoms with Crippen LogP contribution in [0.5, 0.6) is 0 Å². The Kier molecular flexibility index (Phi) is 2.65. The Morgan fingerprint density at radius 2 is 2.55 bits per heavy atom. The zero-order valence-corrected chi connectivity index (χ0v) is 6.66. The van der Waals surface area contributed by atoms with Crippen molar-refractivity contribution in [1.29, 1.82) is 0 Å². The number of β-amino-alcohol motifs (C(OH)–C–C–N with tert-alkyl or cyclic N) is 1. The van der Waals surface area contributed by atoms with Crippen molar-refractivity contribution in [2.45, 2.75) is 19.4 Å². The van der Waals surface area contributed by atoms with Gasteiger partial charge in [0.15, 0.2) is 0 Å². The average Bonchev–Trinajstić information content (AvgIpc) is 1.98. The van der Waals surface area contributed by atoms with E-state index in [0.717, 1.165) is 13.0 Å². The molecule has 1 amide bonds. The third kappa shape index (κ3) is 2.05. The fourth-order valence-electron chi connectivity index (χ4n) is 1.15. The second-order valence-electron chi connectivity index (χ2n) is 2.71. The second-order valence-corrected chi connectivity index (χ2v) is 2.71. The summed E-state index contributed by atoms with van der Waals surface area (Å²) in [6, 6.07) is 0. The Hall–Kier alpha value is -0.830. The molecule has 0 saturated heterocycles. The largest absolute Gasteiger partial charge is 0.387 e. The summed E-state index contributed by atoms with van der Waals surface area (Å²) < 4.78 is 0. The zero-order chi connectivity index (χ0) is 8.27. The molecule has 0 radical (unpaired) electrons. The van der Waals surface area contributed by atoms with Gasteiger partial charge >= 0.3 is 0 Å². The van der Waals surface area contributed by atoms with Crippen LogP contribution < -0.4 is 0 Å². The van der Waals surface area contributed by atoms with Crippen LogP contribution in [-0.4, -0.2) is 35.1 Å². The molecule has 0 fully saturated rings. The highest BCUT2D eigenvalue weighted by molar-refractivity contribution is 5.88. The van der Waals surface area contributed by atoms with Crippen LogP contribution >= 0.6 is 0 Å². The van der Waals surface area contributed by atoms with Gasteiger partial charge in [-0.15, -0.1) is 0 Å². The molecule has 1 N–H and O–H groups in total. The Morgan fingerprint density at radius 1 is 1.82 bits per heavy atom. The van der Waals surface area contributed by atoms with Crippen molar-refractivity contribution >= 4 is 5.91 Å². The maximum atomic E-state index is 11.1. The molecular formula is C8H13NO2. The Bertz CT molecular complexity index is 177. The zero-order valence-electron chi connectivity index (χ0n) is 6.66. The van der Waals surface area contributed by atoms with E-state index in [1.165, 1.54) is 12.2 Å². The molecule has 1 aliphatic heterocycles. The second kappa shape index (κ2) is 3.53. The molecule has 62 valence electrons. The van der Waals surface area contributed by atoms with Crippen LogP contribution in [0.3, 0.4) is 0 Å². The highest BCUT2D eigenvalue weighted by Crippen LogP contribution is 2.03. The van der Waals surface area contributed by atoms with Crippen molar-refractivity contribution in [2.75, 3.05) is 13.1 Å². The number of nitrogens with zero attached hydrogens (tertiary/aromatic N) is 1. The maximum Gasteiger partial charge on any atom is 0.246 e. The van der Waals surface area contributed by atoms with Crippen molar-refractivity contribution < 1.29 is 9.90 Å². The molecule has 1 heterocycles. The number of amides is 1. The smallest absolute Gasteiger partial charge is 0.246 e. The molecule has 3 heteroatoms. The highest BCUT2D eigenvalue weighted by Gasteiger charge is 2.17. The minimum Gasteiger partial charge on any atom is -0.387 e. The predicted molar refractivity (Wildman–Crippen MR) is 42.0 cm³/mol. The first-order chi connectivity index (χ1) is 5.24. The summed E-state index contributed by atoms with van der Waals surface area (Å²) >= 11 is 0. The number of aliphatic hydroxyl groups is 1. The van der Waals surface area contributed by atoms with Gasteiger partial charge < -0.3 is 10.0 Å². The van der Waals surface area contributed by atoms with Crippen molar-refractivity contribution in [3.63, 3.8) is 0 Å². The normalized spacial score (nSPS) is 24.4. The first kappa shape index (κ1) is 8.27. The fraction of sp³-hybridized carbons (Fsp3) is 0.625. The molecule has 0 aromatic carbocycles. The third-order valence-corrected chi connectivity index (χ3v) is 1.67. The van der Waals surface area contributed by atoms with Crippen molar-refractivity contribution in [3.05, 3.63) is 12.2 Å². The molecule has 3 nitrogen and oxygen atoms in total. The van der Waals surface area contributed by atoms with Gasteiger partial charge in [-0.2, -0.15) is 0 Å². The van der Waals surface area contributed by atoms with Crippen LogP contribution in [0.2, 0.25) is 0 Å². The number of rotatable bonds is 2. The molecule has 0 saturated carbocycles. The van der Waals surface area contributed by atoms with Gasteiger partial charge in [0.2, 0.25) is 5.91 Å². The lowest BCUT2D eigenvalue weighted by Gasteiger charge is -2.25. The molecule has 1 atom stereocenters. The van der Waals surface area contributed by atoms with E-state index in [9.17, 15) is 4.79 Å².